The second-order valence-electron chi connectivity index (χ2n) is 3.85. The summed E-state index contributed by atoms with van der Waals surface area (Å²) >= 11 is 8.71. The largest absolute Gasteiger partial charge is 0.450 e. The molecule has 0 fully saturated rings. The first-order valence-electron chi connectivity index (χ1n) is 5.43. The second-order valence-corrected chi connectivity index (χ2v) is 5.11. The average molecular weight is 372 g/mol. The summed E-state index contributed by atoms with van der Waals surface area (Å²) in [7, 11) is 0. The molecule has 0 bridgehead atoms. The molecule has 0 aliphatic carbocycles. The lowest BCUT2D eigenvalue weighted by Crippen LogP contribution is -1.95. The number of nitrogens with zero attached hydrogens (tertiary/aromatic N) is 2. The van der Waals surface area contributed by atoms with E-state index in [0.29, 0.717) is 0 Å². The van der Waals surface area contributed by atoms with Gasteiger partial charge in [-0.3, -0.25) is 10.1 Å². The lowest BCUT2D eigenvalue weighted by molar-refractivity contribution is -0.385. The monoisotopic (exact) mass is 370 g/mol. The number of nitriles is 1. The van der Waals surface area contributed by atoms with E-state index >= 15 is 0 Å². The van der Waals surface area contributed by atoms with E-state index in [-0.39, 0.29) is 26.6 Å². The van der Waals surface area contributed by atoms with Crippen LogP contribution in [0.1, 0.15) is 5.56 Å². The molecule has 0 aliphatic heterocycles. The maximum Gasteiger partial charge on any atom is 0.312 e. The molecular weight excluding hydrogens is 367 g/mol. The van der Waals surface area contributed by atoms with Crippen LogP contribution in [0.15, 0.2) is 34.8 Å². The van der Waals surface area contributed by atoms with Gasteiger partial charge in [-0.1, -0.05) is 11.6 Å². The fourth-order valence-electron chi connectivity index (χ4n) is 1.52. The van der Waals surface area contributed by atoms with Crippen molar-refractivity contribution in [3.63, 3.8) is 0 Å². The van der Waals surface area contributed by atoms with Crippen molar-refractivity contribution in [2.75, 3.05) is 0 Å². The molecule has 21 heavy (non-hydrogen) atoms. The third-order valence-electron chi connectivity index (χ3n) is 2.49. The lowest BCUT2D eigenvalue weighted by Gasteiger charge is -2.08. The Hall–Kier alpha value is -2.17. The van der Waals surface area contributed by atoms with Crippen LogP contribution in [0.3, 0.4) is 0 Å². The summed E-state index contributed by atoms with van der Waals surface area (Å²) in [5.41, 5.74) is -0.163. The van der Waals surface area contributed by atoms with Crippen molar-refractivity contribution in [3.05, 3.63) is 61.3 Å². The Morgan fingerprint density at radius 1 is 1.38 bits per heavy atom. The zero-order valence-electron chi connectivity index (χ0n) is 10.1. The number of rotatable bonds is 3. The van der Waals surface area contributed by atoms with E-state index in [4.69, 9.17) is 21.6 Å². The van der Waals surface area contributed by atoms with Crippen LogP contribution in [0.5, 0.6) is 11.5 Å². The van der Waals surface area contributed by atoms with Gasteiger partial charge in [0.05, 0.1) is 20.0 Å². The van der Waals surface area contributed by atoms with E-state index in [2.05, 4.69) is 15.9 Å². The van der Waals surface area contributed by atoms with Crippen LogP contribution in [-0.4, -0.2) is 4.92 Å². The third kappa shape index (κ3) is 3.29. The number of ether oxygens (including phenoxy) is 1. The standard InChI is InChI=1S/C13H5BrClFN2O3/c14-9-4-12(18(19)20)13(5-11(9)16)21-8-2-1-7(6-17)10(15)3-8/h1-5H. The van der Waals surface area contributed by atoms with Gasteiger partial charge < -0.3 is 4.74 Å². The quantitative estimate of drug-likeness (QED) is 0.573. The molecule has 0 radical (unpaired) electrons. The highest BCUT2D eigenvalue weighted by atomic mass is 79.9. The maximum absolute atomic E-state index is 13.5. The highest BCUT2D eigenvalue weighted by Gasteiger charge is 2.20. The predicted molar refractivity (Wildman–Crippen MR) is 77.0 cm³/mol. The van der Waals surface area contributed by atoms with Crippen LogP contribution in [0, 0.1) is 27.3 Å². The lowest BCUT2D eigenvalue weighted by atomic mass is 10.2. The van der Waals surface area contributed by atoms with Crippen molar-refractivity contribution in [2.24, 2.45) is 0 Å². The van der Waals surface area contributed by atoms with E-state index in [1.807, 2.05) is 6.07 Å². The van der Waals surface area contributed by atoms with Gasteiger partial charge in [0.1, 0.15) is 17.6 Å². The molecular formula is C13H5BrClFN2O3. The molecule has 2 aromatic rings. The average Bonchev–Trinajstić information content (AvgIpc) is 2.42. The van der Waals surface area contributed by atoms with Gasteiger partial charge in [-0.25, -0.2) is 4.39 Å². The van der Waals surface area contributed by atoms with Crippen LogP contribution in [0.2, 0.25) is 5.02 Å². The van der Waals surface area contributed by atoms with Gasteiger partial charge in [0.2, 0.25) is 5.75 Å². The second kappa shape index (κ2) is 6.08. The summed E-state index contributed by atoms with van der Waals surface area (Å²) < 4.78 is 18.8. The molecule has 0 N–H and O–H groups in total. The normalized spacial score (nSPS) is 10.0. The molecule has 0 unspecified atom stereocenters. The van der Waals surface area contributed by atoms with Crippen molar-refractivity contribution in [3.8, 4) is 17.6 Å². The fourth-order valence-corrected chi connectivity index (χ4v) is 2.06. The Bertz CT molecular complexity index is 777. The highest BCUT2D eigenvalue weighted by Crippen LogP contribution is 2.36. The minimum Gasteiger partial charge on any atom is -0.450 e. The molecule has 0 atom stereocenters. The highest BCUT2D eigenvalue weighted by molar-refractivity contribution is 9.10. The number of hydrogen-bond acceptors (Lipinski definition) is 4. The van der Waals surface area contributed by atoms with Gasteiger partial charge in [0.25, 0.3) is 0 Å². The van der Waals surface area contributed by atoms with Crippen LogP contribution in [-0.2, 0) is 0 Å². The topological polar surface area (TPSA) is 76.2 Å². The Balaban J connectivity index is 2.44. The summed E-state index contributed by atoms with van der Waals surface area (Å²) in [5.74, 6) is -0.805. The molecule has 2 aromatic carbocycles. The smallest absolute Gasteiger partial charge is 0.312 e. The van der Waals surface area contributed by atoms with Gasteiger partial charge >= 0.3 is 5.69 Å². The Labute approximate surface area is 131 Å². The zero-order valence-corrected chi connectivity index (χ0v) is 12.5. The van der Waals surface area contributed by atoms with Crippen LogP contribution < -0.4 is 4.74 Å². The van der Waals surface area contributed by atoms with Crippen LogP contribution >= 0.6 is 27.5 Å². The minimum atomic E-state index is -0.699. The van der Waals surface area contributed by atoms with Gasteiger partial charge in [-0.2, -0.15) is 5.26 Å². The minimum absolute atomic E-state index is 0.0422. The number of benzene rings is 2. The van der Waals surface area contributed by atoms with Gasteiger partial charge in [0, 0.05) is 18.2 Å². The zero-order chi connectivity index (χ0) is 15.6. The number of nitro groups is 1. The molecule has 0 aromatic heterocycles. The Morgan fingerprint density at radius 2 is 2.10 bits per heavy atom. The fraction of sp³-hybridized carbons (Fsp3) is 0. The van der Waals surface area contributed by atoms with E-state index in [1.165, 1.54) is 18.2 Å². The molecule has 5 nitrogen and oxygen atoms in total. The molecule has 106 valence electrons. The molecule has 0 saturated heterocycles. The summed E-state index contributed by atoms with van der Waals surface area (Å²) in [5, 5.41) is 19.9. The van der Waals surface area contributed by atoms with E-state index < -0.39 is 16.4 Å². The summed E-state index contributed by atoms with van der Waals surface area (Å²) in [6.07, 6.45) is 0. The van der Waals surface area contributed by atoms with E-state index in [1.54, 1.807) is 0 Å². The Morgan fingerprint density at radius 3 is 2.67 bits per heavy atom. The molecule has 0 spiro atoms. The third-order valence-corrected chi connectivity index (χ3v) is 3.41. The summed E-state index contributed by atoms with van der Waals surface area (Å²) in [6, 6.07) is 7.91. The van der Waals surface area contributed by atoms with Gasteiger partial charge in [0.15, 0.2) is 0 Å². The van der Waals surface area contributed by atoms with Crippen LogP contribution in [0.25, 0.3) is 0 Å². The first kappa shape index (κ1) is 15.2. The van der Waals surface area contributed by atoms with Crippen LogP contribution in [0.4, 0.5) is 10.1 Å². The van der Waals surface area contributed by atoms with Gasteiger partial charge in [-0.15, -0.1) is 0 Å². The number of nitro benzene ring substituents is 1. The van der Waals surface area contributed by atoms with Crippen molar-refractivity contribution in [2.45, 2.75) is 0 Å². The molecule has 0 heterocycles. The van der Waals surface area contributed by atoms with E-state index in [0.717, 1.165) is 12.1 Å². The van der Waals surface area contributed by atoms with Crippen molar-refractivity contribution in [1.29, 1.82) is 5.26 Å². The molecule has 0 saturated carbocycles. The van der Waals surface area contributed by atoms with Crippen molar-refractivity contribution in [1.82, 2.24) is 0 Å². The summed E-state index contributed by atoms with van der Waals surface area (Å²) in [4.78, 5) is 10.3. The first-order valence-corrected chi connectivity index (χ1v) is 6.60. The summed E-state index contributed by atoms with van der Waals surface area (Å²) in [6.45, 7) is 0. The molecule has 2 rings (SSSR count). The molecule has 0 aliphatic rings. The maximum atomic E-state index is 13.5. The SMILES string of the molecule is N#Cc1ccc(Oc2cc(F)c(Br)cc2[N+](=O)[O-])cc1Cl. The van der Waals surface area contributed by atoms with Crippen molar-refractivity contribution < 1.29 is 14.1 Å². The number of hydrogen-bond donors (Lipinski definition) is 0. The van der Waals surface area contributed by atoms with Crippen molar-refractivity contribution >= 4 is 33.2 Å². The first-order chi connectivity index (χ1) is 9.92. The van der Waals surface area contributed by atoms with Gasteiger partial charge in [-0.05, 0) is 28.1 Å². The molecule has 0 amide bonds. The predicted octanol–water partition coefficient (Wildman–Crippen LogP) is 4.81. The van der Waals surface area contributed by atoms with E-state index in [9.17, 15) is 14.5 Å². The Kier molecular flexibility index (Phi) is 4.40. The molecule has 8 heteroatoms. The number of halogens is 3.